The number of anilines is 1. The van der Waals surface area contributed by atoms with Crippen LogP contribution in [0.5, 0.6) is 0 Å². The van der Waals surface area contributed by atoms with Crippen LogP contribution in [0.3, 0.4) is 0 Å². The van der Waals surface area contributed by atoms with Crippen LogP contribution in [0.1, 0.15) is 16.8 Å². The lowest BCUT2D eigenvalue weighted by atomic mass is 10.1. The van der Waals surface area contributed by atoms with Crippen molar-refractivity contribution in [3.8, 4) is 16.6 Å². The first kappa shape index (κ1) is 19.5. The molecule has 0 aliphatic heterocycles. The second-order valence-electron chi connectivity index (χ2n) is 5.75. The summed E-state index contributed by atoms with van der Waals surface area (Å²) in [5, 5.41) is 13.3. The lowest BCUT2D eigenvalue weighted by Crippen LogP contribution is -2.14. The maximum absolute atomic E-state index is 13.3. The van der Waals surface area contributed by atoms with Crippen molar-refractivity contribution in [2.24, 2.45) is 0 Å². The summed E-state index contributed by atoms with van der Waals surface area (Å²) in [5.41, 5.74) is -0.0140. The Morgan fingerprint density at radius 3 is 2.71 bits per heavy atom. The van der Waals surface area contributed by atoms with E-state index in [2.05, 4.69) is 10.3 Å². The van der Waals surface area contributed by atoms with Gasteiger partial charge in [0.1, 0.15) is 16.9 Å². The van der Waals surface area contributed by atoms with Crippen molar-refractivity contribution in [2.75, 3.05) is 5.32 Å². The van der Waals surface area contributed by atoms with E-state index in [4.69, 9.17) is 5.26 Å². The minimum Gasteiger partial charge on any atom is -0.326 e. The van der Waals surface area contributed by atoms with Gasteiger partial charge in [0.15, 0.2) is 0 Å². The quantitative estimate of drug-likeness (QED) is 0.620. The van der Waals surface area contributed by atoms with Gasteiger partial charge in [-0.15, -0.1) is 11.3 Å². The van der Waals surface area contributed by atoms with Gasteiger partial charge < -0.3 is 5.32 Å². The fourth-order valence-electron chi connectivity index (χ4n) is 2.41. The molecule has 0 aliphatic carbocycles. The number of nitrogens with zero attached hydrogens (tertiary/aromatic N) is 2. The van der Waals surface area contributed by atoms with Crippen molar-refractivity contribution in [3.05, 3.63) is 70.5 Å². The van der Waals surface area contributed by atoms with Crippen molar-refractivity contribution in [1.82, 2.24) is 4.98 Å². The van der Waals surface area contributed by atoms with Crippen molar-refractivity contribution in [2.45, 2.75) is 12.6 Å². The molecule has 0 bridgehead atoms. The summed E-state index contributed by atoms with van der Waals surface area (Å²) in [4.78, 5) is 16.3. The van der Waals surface area contributed by atoms with Gasteiger partial charge in [-0.3, -0.25) is 4.79 Å². The Kier molecular flexibility index (Phi) is 5.42. The molecule has 1 N–H and O–H groups in total. The number of aromatic nitrogens is 1. The van der Waals surface area contributed by atoms with Gasteiger partial charge in [0.05, 0.1) is 23.2 Å². The highest BCUT2D eigenvalue weighted by atomic mass is 32.1. The molecule has 0 fully saturated rings. The van der Waals surface area contributed by atoms with Crippen LogP contribution in [0.2, 0.25) is 0 Å². The summed E-state index contributed by atoms with van der Waals surface area (Å²) in [5.74, 6) is -1.14. The Morgan fingerprint density at radius 2 is 2.00 bits per heavy atom. The largest absolute Gasteiger partial charge is 0.416 e. The van der Waals surface area contributed by atoms with Crippen molar-refractivity contribution in [3.63, 3.8) is 0 Å². The van der Waals surface area contributed by atoms with Crippen LogP contribution < -0.4 is 5.32 Å². The van der Waals surface area contributed by atoms with Gasteiger partial charge in [0, 0.05) is 16.6 Å². The zero-order valence-electron chi connectivity index (χ0n) is 14.0. The second-order valence-corrected chi connectivity index (χ2v) is 6.61. The van der Waals surface area contributed by atoms with E-state index in [-0.39, 0.29) is 17.7 Å². The van der Waals surface area contributed by atoms with Crippen LogP contribution >= 0.6 is 11.3 Å². The average molecular weight is 405 g/mol. The third-order valence-corrected chi connectivity index (χ3v) is 4.64. The summed E-state index contributed by atoms with van der Waals surface area (Å²) in [6.07, 6.45) is -4.57. The molecule has 9 heteroatoms. The number of nitrogens with one attached hydrogen (secondary N) is 1. The zero-order valence-corrected chi connectivity index (χ0v) is 14.9. The van der Waals surface area contributed by atoms with Crippen LogP contribution in [-0.4, -0.2) is 10.9 Å². The van der Waals surface area contributed by atoms with Crippen LogP contribution in [0, 0.1) is 17.1 Å². The Morgan fingerprint density at radius 1 is 1.21 bits per heavy atom. The topological polar surface area (TPSA) is 65.8 Å². The third kappa shape index (κ3) is 4.53. The highest BCUT2D eigenvalue weighted by Gasteiger charge is 2.30. The SMILES string of the molecule is N#Cc1cc(NC(=O)Cc2csc(-c3cccc(C(F)(F)F)c3)n2)ccc1F. The summed E-state index contributed by atoms with van der Waals surface area (Å²) < 4.78 is 51.8. The van der Waals surface area contributed by atoms with Gasteiger partial charge in [-0.1, -0.05) is 12.1 Å². The molecule has 28 heavy (non-hydrogen) atoms. The number of benzene rings is 2. The summed E-state index contributed by atoms with van der Waals surface area (Å²) in [6.45, 7) is 0. The molecule has 3 aromatic rings. The highest BCUT2D eigenvalue weighted by molar-refractivity contribution is 7.13. The Hall–Kier alpha value is -3.25. The standard InChI is InChI=1S/C19H11F4N3OS/c20-16-5-4-14(7-12(16)9-24)25-17(27)8-15-10-28-18(26-15)11-2-1-3-13(6-11)19(21,22)23/h1-7,10H,8H2,(H,25,27). The van der Waals surface area contributed by atoms with Crippen LogP contribution in [-0.2, 0) is 17.4 Å². The average Bonchev–Trinajstić information content (AvgIpc) is 3.11. The van der Waals surface area contributed by atoms with E-state index < -0.39 is 23.5 Å². The van der Waals surface area contributed by atoms with Crippen LogP contribution in [0.4, 0.5) is 23.2 Å². The normalized spacial score (nSPS) is 11.1. The molecule has 0 spiro atoms. The molecule has 0 saturated heterocycles. The number of hydrogen-bond donors (Lipinski definition) is 1. The predicted octanol–water partition coefficient (Wildman–Crippen LogP) is 5.02. The molecule has 0 saturated carbocycles. The number of thiazole rings is 1. The van der Waals surface area contributed by atoms with Gasteiger partial charge in [-0.05, 0) is 30.3 Å². The van der Waals surface area contributed by atoms with E-state index in [9.17, 15) is 22.4 Å². The third-order valence-electron chi connectivity index (χ3n) is 3.70. The second kappa shape index (κ2) is 7.78. The van der Waals surface area contributed by atoms with Crippen molar-refractivity contribution >= 4 is 22.9 Å². The van der Waals surface area contributed by atoms with E-state index in [1.807, 2.05) is 0 Å². The van der Waals surface area contributed by atoms with Gasteiger partial charge in [-0.25, -0.2) is 9.37 Å². The molecular weight excluding hydrogens is 394 g/mol. The molecular formula is C19H11F4N3OS. The molecule has 0 atom stereocenters. The fraction of sp³-hybridized carbons (Fsp3) is 0.105. The molecule has 1 amide bonds. The number of carbonyl (C=O) groups is 1. The van der Waals surface area contributed by atoms with Crippen molar-refractivity contribution < 1.29 is 22.4 Å². The molecule has 1 heterocycles. The van der Waals surface area contributed by atoms with Crippen LogP contribution in [0.25, 0.3) is 10.6 Å². The smallest absolute Gasteiger partial charge is 0.326 e. The first-order valence-corrected chi connectivity index (χ1v) is 8.76. The van der Waals surface area contributed by atoms with E-state index in [0.29, 0.717) is 16.3 Å². The number of alkyl halides is 3. The maximum Gasteiger partial charge on any atom is 0.416 e. The monoisotopic (exact) mass is 405 g/mol. The predicted molar refractivity (Wildman–Crippen MR) is 96.0 cm³/mol. The molecule has 0 unspecified atom stereocenters. The number of hydrogen-bond acceptors (Lipinski definition) is 4. The number of halogens is 4. The fourth-order valence-corrected chi connectivity index (χ4v) is 3.22. The molecule has 3 rings (SSSR count). The van der Waals surface area contributed by atoms with Gasteiger partial charge in [0.2, 0.25) is 5.91 Å². The molecule has 2 aromatic carbocycles. The van der Waals surface area contributed by atoms with Gasteiger partial charge in [-0.2, -0.15) is 18.4 Å². The molecule has 0 radical (unpaired) electrons. The minimum atomic E-state index is -4.45. The summed E-state index contributed by atoms with van der Waals surface area (Å²) in [6, 6.07) is 10.1. The zero-order chi connectivity index (χ0) is 20.3. The molecule has 1 aromatic heterocycles. The molecule has 142 valence electrons. The summed E-state index contributed by atoms with van der Waals surface area (Å²) in [7, 11) is 0. The highest BCUT2D eigenvalue weighted by Crippen LogP contribution is 2.33. The van der Waals surface area contributed by atoms with Crippen molar-refractivity contribution in [1.29, 1.82) is 5.26 Å². The maximum atomic E-state index is 13.3. The Labute approximate surface area is 161 Å². The lowest BCUT2D eigenvalue weighted by Gasteiger charge is -2.07. The van der Waals surface area contributed by atoms with Gasteiger partial charge >= 0.3 is 6.18 Å². The number of carbonyl (C=O) groups excluding carboxylic acids is 1. The summed E-state index contributed by atoms with van der Waals surface area (Å²) >= 11 is 1.13. The van der Waals surface area contributed by atoms with E-state index in [1.54, 1.807) is 11.4 Å². The first-order valence-electron chi connectivity index (χ1n) is 7.88. The van der Waals surface area contributed by atoms with Crippen LogP contribution in [0.15, 0.2) is 47.8 Å². The van der Waals surface area contributed by atoms with E-state index in [0.717, 1.165) is 29.5 Å². The van der Waals surface area contributed by atoms with E-state index in [1.165, 1.54) is 24.3 Å². The molecule has 0 aliphatic rings. The lowest BCUT2D eigenvalue weighted by molar-refractivity contribution is -0.137. The molecule has 4 nitrogen and oxygen atoms in total. The number of amides is 1. The number of nitriles is 1. The first-order chi connectivity index (χ1) is 13.3. The van der Waals surface area contributed by atoms with E-state index >= 15 is 0 Å². The Bertz CT molecular complexity index is 1070. The number of rotatable bonds is 4. The minimum absolute atomic E-state index is 0.116. The van der Waals surface area contributed by atoms with Gasteiger partial charge in [0.25, 0.3) is 0 Å². The Balaban J connectivity index is 1.71.